The van der Waals surface area contributed by atoms with Gasteiger partial charge in [-0.1, -0.05) is 23.2 Å². The Balaban J connectivity index is 2.41. The summed E-state index contributed by atoms with van der Waals surface area (Å²) in [6.45, 7) is 0. The molecule has 106 valence electrons. The lowest BCUT2D eigenvalue weighted by molar-refractivity contribution is 0.601. The van der Waals surface area contributed by atoms with Crippen LogP contribution < -0.4 is 16.0 Å². The van der Waals surface area contributed by atoms with Crippen molar-refractivity contribution in [1.82, 2.24) is 4.98 Å². The third kappa shape index (κ3) is 3.13. The molecule has 0 unspecified atom stereocenters. The van der Waals surface area contributed by atoms with Crippen LogP contribution in [0, 0.1) is 0 Å². The second-order valence-corrected chi connectivity index (χ2v) is 6.24. The molecular formula is C11H10Cl2N4O2S. The van der Waals surface area contributed by atoms with Crippen molar-refractivity contribution in [2.24, 2.45) is 5.84 Å². The molecule has 0 aliphatic rings. The highest BCUT2D eigenvalue weighted by Gasteiger charge is 2.19. The fraction of sp³-hybridized carbons (Fsp3) is 0. The van der Waals surface area contributed by atoms with Gasteiger partial charge in [-0.2, -0.15) is 0 Å². The third-order valence-corrected chi connectivity index (χ3v) is 4.35. The summed E-state index contributed by atoms with van der Waals surface area (Å²) in [5.74, 6) is 5.28. The molecule has 1 aromatic carbocycles. The number of nitrogen functional groups attached to an aromatic ring is 1. The molecule has 0 radical (unpaired) electrons. The molecule has 0 aliphatic heterocycles. The van der Waals surface area contributed by atoms with Crippen molar-refractivity contribution in [3.63, 3.8) is 0 Å². The van der Waals surface area contributed by atoms with Crippen LogP contribution in [0.1, 0.15) is 0 Å². The number of pyridine rings is 1. The zero-order valence-electron chi connectivity index (χ0n) is 9.97. The third-order valence-electron chi connectivity index (χ3n) is 2.40. The van der Waals surface area contributed by atoms with Gasteiger partial charge in [-0.15, -0.1) is 0 Å². The number of anilines is 2. The first-order chi connectivity index (χ1) is 9.44. The van der Waals surface area contributed by atoms with Gasteiger partial charge >= 0.3 is 0 Å². The minimum atomic E-state index is -3.87. The first-order valence-electron chi connectivity index (χ1n) is 5.32. The fourth-order valence-electron chi connectivity index (χ4n) is 1.49. The van der Waals surface area contributed by atoms with Crippen molar-refractivity contribution in [2.75, 3.05) is 10.1 Å². The van der Waals surface area contributed by atoms with Crippen LogP contribution in [0.5, 0.6) is 0 Å². The van der Waals surface area contributed by atoms with E-state index in [0.717, 1.165) is 0 Å². The largest absolute Gasteiger partial charge is 0.323 e. The lowest BCUT2D eigenvalue weighted by Crippen LogP contribution is -2.18. The SMILES string of the molecule is NNc1ccncc1S(=O)(=O)Nc1ccc(Cl)cc1Cl. The summed E-state index contributed by atoms with van der Waals surface area (Å²) in [5.41, 5.74) is 2.73. The Morgan fingerprint density at radius 2 is 1.90 bits per heavy atom. The minimum Gasteiger partial charge on any atom is -0.323 e. The van der Waals surface area contributed by atoms with Crippen molar-refractivity contribution in [2.45, 2.75) is 4.90 Å². The van der Waals surface area contributed by atoms with Gasteiger partial charge in [0.2, 0.25) is 0 Å². The molecule has 0 spiro atoms. The van der Waals surface area contributed by atoms with E-state index in [-0.39, 0.29) is 21.3 Å². The van der Waals surface area contributed by atoms with Crippen LogP contribution >= 0.6 is 23.2 Å². The van der Waals surface area contributed by atoms with Gasteiger partial charge in [0.05, 0.1) is 16.4 Å². The quantitative estimate of drug-likeness (QED) is 0.590. The summed E-state index contributed by atoms with van der Waals surface area (Å²) in [7, 11) is -3.87. The Labute approximate surface area is 125 Å². The van der Waals surface area contributed by atoms with Crippen LogP contribution in [-0.4, -0.2) is 13.4 Å². The molecule has 0 atom stereocenters. The average molecular weight is 333 g/mol. The monoisotopic (exact) mass is 332 g/mol. The molecule has 6 nitrogen and oxygen atoms in total. The predicted molar refractivity (Wildman–Crippen MR) is 79.3 cm³/mol. The van der Waals surface area contributed by atoms with E-state index in [2.05, 4.69) is 15.1 Å². The number of nitrogens with one attached hydrogen (secondary N) is 2. The molecule has 0 fully saturated rings. The summed E-state index contributed by atoms with van der Waals surface area (Å²) in [6, 6.07) is 5.87. The van der Waals surface area contributed by atoms with E-state index in [1.54, 1.807) is 0 Å². The first-order valence-corrected chi connectivity index (χ1v) is 7.56. The van der Waals surface area contributed by atoms with Gasteiger partial charge in [0.1, 0.15) is 4.90 Å². The second kappa shape index (κ2) is 5.84. The number of nitrogens with two attached hydrogens (primary N) is 1. The lowest BCUT2D eigenvalue weighted by atomic mass is 10.3. The number of halogens is 2. The van der Waals surface area contributed by atoms with E-state index in [1.807, 2.05) is 0 Å². The van der Waals surface area contributed by atoms with Crippen LogP contribution in [0.15, 0.2) is 41.6 Å². The molecule has 0 aliphatic carbocycles. The summed E-state index contributed by atoms with van der Waals surface area (Å²) >= 11 is 11.7. The number of hydrazine groups is 1. The summed E-state index contributed by atoms with van der Waals surface area (Å²) in [5, 5.41) is 0.593. The Bertz CT molecular complexity index is 737. The Morgan fingerprint density at radius 1 is 1.15 bits per heavy atom. The van der Waals surface area contributed by atoms with Crippen LogP contribution in [0.3, 0.4) is 0 Å². The fourth-order valence-corrected chi connectivity index (χ4v) is 3.19. The molecule has 0 amide bonds. The molecule has 1 heterocycles. The van der Waals surface area contributed by atoms with Gasteiger partial charge in [-0.3, -0.25) is 15.5 Å². The van der Waals surface area contributed by atoms with Gasteiger partial charge in [0.15, 0.2) is 0 Å². The molecule has 2 rings (SSSR count). The molecule has 0 saturated heterocycles. The van der Waals surface area contributed by atoms with Crippen LogP contribution in [0.25, 0.3) is 0 Å². The maximum atomic E-state index is 12.3. The van der Waals surface area contributed by atoms with Gasteiger partial charge in [-0.05, 0) is 24.3 Å². The number of nitrogens with zero attached hydrogens (tertiary/aromatic N) is 1. The highest BCUT2D eigenvalue weighted by atomic mass is 35.5. The molecular weight excluding hydrogens is 323 g/mol. The topological polar surface area (TPSA) is 97.1 Å². The Kier molecular flexibility index (Phi) is 4.34. The summed E-state index contributed by atoms with van der Waals surface area (Å²) in [6.07, 6.45) is 2.60. The van der Waals surface area contributed by atoms with Crippen LogP contribution in [0.2, 0.25) is 10.0 Å². The maximum Gasteiger partial charge on any atom is 0.265 e. The normalized spacial score (nSPS) is 11.2. The molecule has 9 heteroatoms. The van der Waals surface area contributed by atoms with Crippen molar-refractivity contribution < 1.29 is 8.42 Å². The van der Waals surface area contributed by atoms with Crippen molar-refractivity contribution in [1.29, 1.82) is 0 Å². The standard InChI is InChI=1S/C11H10Cl2N4O2S/c12-7-1-2-9(8(13)5-7)17-20(18,19)11-6-15-4-3-10(11)16-14/h1-6,17H,14H2,(H,15,16). The molecule has 4 N–H and O–H groups in total. The molecule has 2 aromatic rings. The molecule has 1 aromatic heterocycles. The highest BCUT2D eigenvalue weighted by Crippen LogP contribution is 2.28. The second-order valence-electron chi connectivity index (χ2n) is 3.75. The van der Waals surface area contributed by atoms with E-state index in [9.17, 15) is 8.42 Å². The predicted octanol–water partition coefficient (Wildman–Crippen LogP) is 2.47. The number of hydrogen-bond acceptors (Lipinski definition) is 5. The first kappa shape index (κ1) is 14.9. The zero-order chi connectivity index (χ0) is 14.8. The smallest absolute Gasteiger partial charge is 0.265 e. The Hall–Kier alpha value is -1.54. The lowest BCUT2D eigenvalue weighted by Gasteiger charge is -2.12. The van der Waals surface area contributed by atoms with Gasteiger partial charge in [0, 0.05) is 17.4 Å². The summed E-state index contributed by atoms with van der Waals surface area (Å²) in [4.78, 5) is 3.68. The number of sulfonamides is 1. The van der Waals surface area contributed by atoms with Crippen molar-refractivity contribution in [3.05, 3.63) is 46.7 Å². The molecule has 0 saturated carbocycles. The zero-order valence-corrected chi connectivity index (χ0v) is 12.3. The molecule has 20 heavy (non-hydrogen) atoms. The van der Waals surface area contributed by atoms with Gasteiger partial charge in [-0.25, -0.2) is 8.42 Å². The van der Waals surface area contributed by atoms with E-state index >= 15 is 0 Å². The molecule has 0 bridgehead atoms. The number of hydrogen-bond donors (Lipinski definition) is 3. The van der Waals surface area contributed by atoms with Gasteiger partial charge < -0.3 is 5.43 Å². The number of benzene rings is 1. The van der Waals surface area contributed by atoms with Crippen molar-refractivity contribution >= 4 is 44.6 Å². The van der Waals surface area contributed by atoms with Gasteiger partial charge in [0.25, 0.3) is 10.0 Å². The van der Waals surface area contributed by atoms with E-state index in [1.165, 1.54) is 36.7 Å². The Morgan fingerprint density at radius 3 is 2.55 bits per heavy atom. The van der Waals surface area contributed by atoms with E-state index < -0.39 is 10.0 Å². The summed E-state index contributed by atoms with van der Waals surface area (Å²) < 4.78 is 26.9. The highest BCUT2D eigenvalue weighted by molar-refractivity contribution is 7.92. The van der Waals surface area contributed by atoms with Crippen LogP contribution in [-0.2, 0) is 10.0 Å². The average Bonchev–Trinajstić information content (AvgIpc) is 2.42. The number of aromatic nitrogens is 1. The number of rotatable bonds is 4. The van der Waals surface area contributed by atoms with E-state index in [0.29, 0.717) is 5.02 Å². The van der Waals surface area contributed by atoms with Crippen molar-refractivity contribution in [3.8, 4) is 0 Å². The minimum absolute atomic E-state index is 0.0893. The van der Waals surface area contributed by atoms with E-state index in [4.69, 9.17) is 29.0 Å². The maximum absolute atomic E-state index is 12.3. The van der Waals surface area contributed by atoms with Crippen LogP contribution in [0.4, 0.5) is 11.4 Å².